The van der Waals surface area contributed by atoms with Gasteiger partial charge in [-0.1, -0.05) is 12.1 Å². The van der Waals surface area contributed by atoms with Gasteiger partial charge in [-0.05, 0) is 17.7 Å². The van der Waals surface area contributed by atoms with Gasteiger partial charge in [-0.25, -0.2) is 8.78 Å². The summed E-state index contributed by atoms with van der Waals surface area (Å²) in [4.78, 5) is 0. The van der Waals surface area contributed by atoms with Crippen LogP contribution in [0.25, 0.3) is 0 Å². The molecule has 0 aliphatic heterocycles. The Morgan fingerprint density at radius 1 is 0.933 bits per heavy atom. The van der Waals surface area contributed by atoms with Gasteiger partial charge < -0.3 is 9.47 Å². The Labute approximate surface area is 87.8 Å². The zero-order chi connectivity index (χ0) is 10.9. The van der Waals surface area contributed by atoms with E-state index >= 15 is 0 Å². The topological polar surface area (TPSA) is 18.5 Å². The molecule has 0 bridgehead atoms. The lowest BCUT2D eigenvalue weighted by Crippen LogP contribution is -1.99. The fourth-order valence-electron chi connectivity index (χ4n) is 1.08. The summed E-state index contributed by atoms with van der Waals surface area (Å²) in [6, 6.07) is 7.10. The molecule has 4 heteroatoms. The normalized spacial score (nSPS) is 10.3. The summed E-state index contributed by atoms with van der Waals surface area (Å²) in [5.74, 6) is 0.627. The summed E-state index contributed by atoms with van der Waals surface area (Å²) >= 11 is 0. The second-order valence-electron chi connectivity index (χ2n) is 2.92. The van der Waals surface area contributed by atoms with E-state index in [-0.39, 0.29) is 13.2 Å². The number of ether oxygens (including phenoxy) is 2. The molecule has 0 aromatic heterocycles. The summed E-state index contributed by atoms with van der Waals surface area (Å²) in [5.41, 5.74) is 0.941. The zero-order valence-electron chi connectivity index (χ0n) is 8.42. The highest BCUT2D eigenvalue weighted by atomic mass is 19.1. The van der Waals surface area contributed by atoms with Crippen LogP contribution in [0.2, 0.25) is 0 Å². The third-order valence-corrected chi connectivity index (χ3v) is 1.76. The molecular weight excluding hydrogens is 202 g/mol. The third-order valence-electron chi connectivity index (χ3n) is 1.76. The molecule has 0 unspecified atom stereocenters. The first-order valence-corrected chi connectivity index (χ1v) is 4.78. The van der Waals surface area contributed by atoms with Crippen LogP contribution in [-0.2, 0) is 11.3 Å². The highest BCUT2D eigenvalue weighted by Crippen LogP contribution is 2.12. The van der Waals surface area contributed by atoms with E-state index in [1.165, 1.54) is 0 Å². The molecule has 0 aliphatic rings. The second-order valence-corrected chi connectivity index (χ2v) is 2.92. The van der Waals surface area contributed by atoms with E-state index in [0.29, 0.717) is 12.4 Å². The molecule has 0 aliphatic carbocycles. The average Bonchev–Trinajstić information content (AvgIpc) is 2.28. The molecule has 0 fully saturated rings. The maximum absolute atomic E-state index is 11.8. The Bertz CT molecular complexity index is 262. The van der Waals surface area contributed by atoms with Crippen molar-refractivity contribution < 1.29 is 18.3 Å². The van der Waals surface area contributed by atoms with Crippen molar-refractivity contribution in [3.05, 3.63) is 29.8 Å². The Kier molecular flexibility index (Phi) is 5.70. The molecule has 0 atom stereocenters. The number of rotatable bonds is 7. The fourth-order valence-corrected chi connectivity index (χ4v) is 1.08. The zero-order valence-corrected chi connectivity index (χ0v) is 8.42. The Hall–Kier alpha value is -1.16. The molecule has 0 N–H and O–H groups in total. The predicted molar refractivity (Wildman–Crippen MR) is 53.5 cm³/mol. The fraction of sp³-hybridized carbons (Fsp3) is 0.455. The van der Waals surface area contributed by atoms with Crippen LogP contribution in [0.4, 0.5) is 8.78 Å². The minimum absolute atomic E-state index is 0.0672. The quantitative estimate of drug-likeness (QED) is 0.652. The molecule has 1 aromatic carbocycles. The van der Waals surface area contributed by atoms with Crippen LogP contribution in [0.15, 0.2) is 24.3 Å². The van der Waals surface area contributed by atoms with Gasteiger partial charge in [0.05, 0.1) is 13.2 Å². The Balaban J connectivity index is 2.35. The number of hydrogen-bond acceptors (Lipinski definition) is 2. The van der Waals surface area contributed by atoms with Gasteiger partial charge in [0.1, 0.15) is 25.7 Å². The highest BCUT2D eigenvalue weighted by Gasteiger charge is 1.95. The minimum atomic E-state index is -0.499. The lowest BCUT2D eigenvalue weighted by atomic mass is 10.2. The number of alkyl halides is 2. The summed E-state index contributed by atoms with van der Waals surface area (Å²) < 4.78 is 33.6. The molecule has 1 aromatic rings. The summed E-state index contributed by atoms with van der Waals surface area (Å²) in [7, 11) is 0. The van der Waals surface area contributed by atoms with Crippen molar-refractivity contribution in [2.75, 3.05) is 26.6 Å². The summed E-state index contributed by atoms with van der Waals surface area (Å²) in [6.45, 7) is -0.413. The number of hydrogen-bond donors (Lipinski definition) is 0. The second kappa shape index (κ2) is 7.17. The van der Waals surface area contributed by atoms with E-state index in [1.54, 1.807) is 12.1 Å². The molecule has 0 heterocycles. The maximum Gasteiger partial charge on any atom is 0.123 e. The van der Waals surface area contributed by atoms with Gasteiger partial charge in [0.25, 0.3) is 0 Å². The van der Waals surface area contributed by atoms with Crippen molar-refractivity contribution in [2.45, 2.75) is 6.61 Å². The molecule has 15 heavy (non-hydrogen) atoms. The van der Waals surface area contributed by atoms with Crippen LogP contribution in [0.3, 0.4) is 0 Å². The molecule has 0 saturated carbocycles. The summed E-state index contributed by atoms with van der Waals surface area (Å²) in [5, 5.41) is 0. The Morgan fingerprint density at radius 2 is 1.60 bits per heavy atom. The van der Waals surface area contributed by atoms with E-state index < -0.39 is 13.3 Å². The van der Waals surface area contributed by atoms with Gasteiger partial charge in [-0.3, -0.25) is 0 Å². The van der Waals surface area contributed by atoms with Gasteiger partial charge >= 0.3 is 0 Å². The largest absolute Gasteiger partial charge is 0.491 e. The van der Waals surface area contributed by atoms with E-state index in [9.17, 15) is 8.78 Å². The third kappa shape index (κ3) is 4.74. The smallest absolute Gasteiger partial charge is 0.123 e. The molecule has 0 radical (unpaired) electrons. The molecule has 2 nitrogen and oxygen atoms in total. The summed E-state index contributed by atoms with van der Waals surface area (Å²) in [6.07, 6.45) is 0. The van der Waals surface area contributed by atoms with Gasteiger partial charge in [0.2, 0.25) is 0 Å². The van der Waals surface area contributed by atoms with E-state index in [0.717, 1.165) is 5.56 Å². The highest BCUT2D eigenvalue weighted by molar-refractivity contribution is 5.26. The lowest BCUT2D eigenvalue weighted by Gasteiger charge is -2.05. The van der Waals surface area contributed by atoms with Gasteiger partial charge in [0, 0.05) is 0 Å². The first-order chi connectivity index (χ1) is 7.36. The van der Waals surface area contributed by atoms with Crippen molar-refractivity contribution in [1.29, 1.82) is 0 Å². The van der Waals surface area contributed by atoms with Crippen molar-refractivity contribution in [3.63, 3.8) is 0 Å². The predicted octanol–water partition coefficient (Wildman–Crippen LogP) is 2.52. The first kappa shape index (κ1) is 11.9. The molecule has 1 rings (SSSR count). The van der Waals surface area contributed by atoms with Crippen LogP contribution in [0.5, 0.6) is 5.75 Å². The van der Waals surface area contributed by atoms with E-state index in [2.05, 4.69) is 0 Å². The van der Waals surface area contributed by atoms with Crippen LogP contribution < -0.4 is 4.74 Å². The van der Waals surface area contributed by atoms with Crippen LogP contribution in [-0.4, -0.2) is 26.6 Å². The van der Waals surface area contributed by atoms with E-state index in [1.807, 2.05) is 12.1 Å². The number of halogens is 2. The van der Waals surface area contributed by atoms with Gasteiger partial charge in [-0.2, -0.15) is 0 Å². The first-order valence-electron chi connectivity index (χ1n) is 4.78. The maximum atomic E-state index is 11.8. The van der Waals surface area contributed by atoms with Crippen molar-refractivity contribution in [1.82, 2.24) is 0 Å². The SMILES string of the molecule is FCCOCc1ccc(OCCF)cc1. The standard InChI is InChI=1S/C11H14F2O2/c12-5-7-14-9-10-1-3-11(4-2-10)15-8-6-13/h1-4H,5-9H2. The van der Waals surface area contributed by atoms with Crippen LogP contribution in [0, 0.1) is 0 Å². The molecule has 0 spiro atoms. The van der Waals surface area contributed by atoms with Gasteiger partial charge in [0.15, 0.2) is 0 Å². The monoisotopic (exact) mass is 216 g/mol. The molecular formula is C11H14F2O2. The van der Waals surface area contributed by atoms with Crippen molar-refractivity contribution in [2.24, 2.45) is 0 Å². The Morgan fingerprint density at radius 3 is 2.20 bits per heavy atom. The van der Waals surface area contributed by atoms with Crippen molar-refractivity contribution >= 4 is 0 Å². The molecule has 0 amide bonds. The molecule has 0 saturated heterocycles. The van der Waals surface area contributed by atoms with Crippen molar-refractivity contribution in [3.8, 4) is 5.75 Å². The van der Waals surface area contributed by atoms with Gasteiger partial charge in [-0.15, -0.1) is 0 Å². The average molecular weight is 216 g/mol. The molecule has 84 valence electrons. The van der Waals surface area contributed by atoms with E-state index in [4.69, 9.17) is 9.47 Å². The lowest BCUT2D eigenvalue weighted by molar-refractivity contribution is 0.106. The minimum Gasteiger partial charge on any atom is -0.491 e. The number of benzene rings is 1. The van der Waals surface area contributed by atoms with Crippen LogP contribution in [0.1, 0.15) is 5.56 Å². The van der Waals surface area contributed by atoms with Crippen LogP contribution >= 0.6 is 0 Å².